The first-order valence-corrected chi connectivity index (χ1v) is 10.9. The topological polar surface area (TPSA) is 70.6 Å². The Morgan fingerprint density at radius 2 is 1.81 bits per heavy atom. The first-order chi connectivity index (χ1) is 13.0. The number of carbonyl (C=O) groups is 1. The van der Waals surface area contributed by atoms with Crippen molar-refractivity contribution in [3.8, 4) is 0 Å². The van der Waals surface area contributed by atoms with Crippen LogP contribution < -0.4 is 10.6 Å². The van der Waals surface area contributed by atoms with Crippen molar-refractivity contribution in [2.24, 2.45) is 11.8 Å². The van der Waals surface area contributed by atoms with E-state index in [1.807, 2.05) is 19.1 Å². The third kappa shape index (κ3) is 7.47. The number of hydrogen-bond acceptors (Lipinski definition) is 4. The highest BCUT2D eigenvalue weighted by Crippen LogP contribution is 2.45. The van der Waals surface area contributed by atoms with Crippen LogP contribution in [0.4, 0.5) is 0 Å². The second kappa shape index (κ2) is 11.7. The lowest BCUT2D eigenvalue weighted by atomic mass is 9.76. The fourth-order valence-corrected chi connectivity index (χ4v) is 4.60. The van der Waals surface area contributed by atoms with Gasteiger partial charge in [0.1, 0.15) is 0 Å². The van der Waals surface area contributed by atoms with E-state index in [9.17, 15) is 4.79 Å². The van der Waals surface area contributed by atoms with Crippen molar-refractivity contribution in [3.63, 3.8) is 0 Å². The maximum Gasteiger partial charge on any atom is 0.303 e. The molecule has 2 aliphatic heterocycles. The Bertz CT molecular complexity index is 553. The first-order valence-electron chi connectivity index (χ1n) is 10.1. The molecular formula is C20H32N2O3S2. The number of thiocarbonyl (C=S) groups is 2. The van der Waals surface area contributed by atoms with Crippen molar-refractivity contribution in [2.75, 3.05) is 13.1 Å². The van der Waals surface area contributed by atoms with E-state index in [4.69, 9.17) is 34.3 Å². The summed E-state index contributed by atoms with van der Waals surface area (Å²) >= 11 is 10.6. The third-order valence-corrected chi connectivity index (χ3v) is 6.11. The van der Waals surface area contributed by atoms with Gasteiger partial charge in [0, 0.05) is 18.9 Å². The monoisotopic (exact) mass is 412 g/mol. The van der Waals surface area contributed by atoms with Gasteiger partial charge in [-0.1, -0.05) is 49.8 Å². The molecule has 2 rings (SSSR count). The minimum absolute atomic E-state index is 0.284. The van der Waals surface area contributed by atoms with Gasteiger partial charge >= 0.3 is 5.97 Å². The van der Waals surface area contributed by atoms with E-state index in [0.717, 1.165) is 50.1 Å². The molecule has 2 bridgehead atoms. The molecule has 0 aromatic rings. The largest absolute Gasteiger partial charge is 0.481 e. The molecule has 0 unspecified atom stereocenters. The summed E-state index contributed by atoms with van der Waals surface area (Å²) in [5.74, 6) is 0.415. The standard InChI is InChI=1S/C20H32N2O3S2/c1-2-7-18(26)22-13-19(27)21-12-15-14(16-10-11-17(15)25-16)8-5-3-4-6-9-20(23)24/h2,7,14-17H,3-6,8-13H2,1H3,(H,21,27)(H,22,26)(H,23,24)/t14-,15+,16-,17+/m0/s1. The van der Waals surface area contributed by atoms with Crippen LogP contribution in [0.25, 0.3) is 0 Å². The molecule has 4 atom stereocenters. The summed E-state index contributed by atoms with van der Waals surface area (Å²) in [5, 5.41) is 15.2. The minimum atomic E-state index is -0.695. The van der Waals surface area contributed by atoms with Gasteiger partial charge in [0.15, 0.2) is 0 Å². The van der Waals surface area contributed by atoms with Crippen molar-refractivity contribution in [2.45, 2.75) is 70.5 Å². The Hall–Kier alpha value is -1.05. The van der Waals surface area contributed by atoms with Gasteiger partial charge in [0.2, 0.25) is 0 Å². The second-order valence-corrected chi connectivity index (χ2v) is 8.42. The zero-order chi connectivity index (χ0) is 19.6. The number of carboxylic acid groups (broad SMARTS) is 1. The highest BCUT2D eigenvalue weighted by molar-refractivity contribution is 7.81. The summed E-state index contributed by atoms with van der Waals surface area (Å²) in [6.07, 6.45) is 12.3. The normalized spacial score (nSPS) is 26.4. The molecule has 0 aromatic carbocycles. The number of nitrogens with one attached hydrogen (secondary N) is 2. The van der Waals surface area contributed by atoms with Crippen LogP contribution in [0.2, 0.25) is 0 Å². The van der Waals surface area contributed by atoms with E-state index < -0.39 is 5.97 Å². The lowest BCUT2D eigenvalue weighted by molar-refractivity contribution is -0.137. The molecule has 152 valence electrons. The molecule has 5 nitrogen and oxygen atoms in total. The molecule has 0 aromatic heterocycles. The van der Waals surface area contributed by atoms with E-state index in [1.165, 1.54) is 6.42 Å². The predicted octanol–water partition coefficient (Wildman–Crippen LogP) is 3.62. The summed E-state index contributed by atoms with van der Waals surface area (Å²) in [6.45, 7) is 3.36. The summed E-state index contributed by atoms with van der Waals surface area (Å²) in [4.78, 5) is 12.1. The molecule has 3 N–H and O–H groups in total. The van der Waals surface area contributed by atoms with Gasteiger partial charge < -0.3 is 20.5 Å². The van der Waals surface area contributed by atoms with Gasteiger partial charge in [-0.2, -0.15) is 0 Å². The van der Waals surface area contributed by atoms with E-state index >= 15 is 0 Å². The van der Waals surface area contributed by atoms with E-state index in [0.29, 0.717) is 35.6 Å². The molecule has 0 amide bonds. The molecule has 0 saturated carbocycles. The fourth-order valence-electron chi connectivity index (χ4n) is 4.24. The van der Waals surface area contributed by atoms with Crippen molar-refractivity contribution >= 4 is 40.4 Å². The van der Waals surface area contributed by atoms with Crippen molar-refractivity contribution in [1.29, 1.82) is 0 Å². The minimum Gasteiger partial charge on any atom is -0.481 e. The van der Waals surface area contributed by atoms with Crippen LogP contribution in [-0.2, 0) is 9.53 Å². The molecule has 2 aliphatic rings. The van der Waals surface area contributed by atoms with Crippen LogP contribution in [-0.4, -0.2) is 46.4 Å². The molecule has 2 saturated heterocycles. The molecule has 2 fully saturated rings. The highest BCUT2D eigenvalue weighted by Gasteiger charge is 2.47. The zero-order valence-electron chi connectivity index (χ0n) is 16.1. The van der Waals surface area contributed by atoms with Gasteiger partial charge in [-0.05, 0) is 44.6 Å². The van der Waals surface area contributed by atoms with E-state index in [1.54, 1.807) is 0 Å². The number of allylic oxidation sites excluding steroid dienone is 1. The smallest absolute Gasteiger partial charge is 0.303 e. The van der Waals surface area contributed by atoms with Crippen LogP contribution in [0, 0.1) is 11.8 Å². The van der Waals surface area contributed by atoms with Crippen LogP contribution >= 0.6 is 24.4 Å². The van der Waals surface area contributed by atoms with Gasteiger partial charge in [-0.25, -0.2) is 0 Å². The number of carboxylic acids is 1. The number of hydrogen-bond donors (Lipinski definition) is 3. The average Bonchev–Trinajstić information content (AvgIpc) is 3.22. The Labute approximate surface area is 173 Å². The SMILES string of the molecule is CC=CC(=S)NCC(=S)NC[C@@H]1[C@H](CCCCCCC(=O)O)[C@@H]2CC[C@H]1O2. The number of aliphatic carboxylic acids is 1. The average molecular weight is 413 g/mol. The first kappa shape index (κ1) is 22.2. The number of fused-ring (bicyclic) bond motifs is 2. The van der Waals surface area contributed by atoms with Gasteiger partial charge in [0.25, 0.3) is 0 Å². The van der Waals surface area contributed by atoms with E-state index in [-0.39, 0.29) is 6.42 Å². The summed E-state index contributed by atoms with van der Waals surface area (Å²) in [7, 11) is 0. The molecule has 7 heteroatoms. The highest BCUT2D eigenvalue weighted by atomic mass is 32.1. The van der Waals surface area contributed by atoms with Gasteiger partial charge in [0.05, 0.1) is 28.7 Å². The van der Waals surface area contributed by atoms with Crippen molar-refractivity contribution < 1.29 is 14.6 Å². The summed E-state index contributed by atoms with van der Waals surface area (Å²) in [5.41, 5.74) is 0. The Balaban J connectivity index is 1.68. The van der Waals surface area contributed by atoms with Crippen LogP contribution in [0.15, 0.2) is 12.2 Å². The van der Waals surface area contributed by atoms with Crippen molar-refractivity contribution in [3.05, 3.63) is 12.2 Å². The molecular weight excluding hydrogens is 380 g/mol. The summed E-state index contributed by atoms with van der Waals surface area (Å²) in [6, 6.07) is 0. The Morgan fingerprint density at radius 3 is 2.52 bits per heavy atom. The molecule has 0 aliphatic carbocycles. The van der Waals surface area contributed by atoms with Crippen LogP contribution in [0.5, 0.6) is 0 Å². The number of ether oxygens (including phenoxy) is 1. The van der Waals surface area contributed by atoms with Crippen LogP contribution in [0.1, 0.15) is 58.3 Å². The van der Waals surface area contributed by atoms with Gasteiger partial charge in [-0.3, -0.25) is 4.79 Å². The fraction of sp³-hybridized carbons (Fsp3) is 0.750. The van der Waals surface area contributed by atoms with Crippen LogP contribution in [0.3, 0.4) is 0 Å². The molecule has 0 radical (unpaired) electrons. The lowest BCUT2D eigenvalue weighted by Crippen LogP contribution is -2.41. The van der Waals surface area contributed by atoms with Gasteiger partial charge in [-0.15, -0.1) is 0 Å². The predicted molar refractivity (Wildman–Crippen MR) is 116 cm³/mol. The van der Waals surface area contributed by atoms with E-state index in [2.05, 4.69) is 10.6 Å². The number of rotatable bonds is 12. The maximum atomic E-state index is 10.6. The van der Waals surface area contributed by atoms with Crippen molar-refractivity contribution in [1.82, 2.24) is 10.6 Å². The summed E-state index contributed by atoms with van der Waals surface area (Å²) < 4.78 is 6.16. The lowest BCUT2D eigenvalue weighted by Gasteiger charge is -2.28. The zero-order valence-corrected chi connectivity index (χ0v) is 17.7. The number of unbranched alkanes of at least 4 members (excludes halogenated alkanes) is 3. The second-order valence-electron chi connectivity index (χ2n) is 7.49. The maximum absolute atomic E-state index is 10.6. The Morgan fingerprint density at radius 1 is 1.11 bits per heavy atom. The quantitative estimate of drug-likeness (QED) is 0.257. The molecule has 27 heavy (non-hydrogen) atoms. The molecule has 2 heterocycles. The molecule has 0 spiro atoms. The third-order valence-electron chi connectivity index (χ3n) is 5.54. The Kier molecular flexibility index (Phi) is 9.65.